The minimum Gasteiger partial charge on any atom is -0.377 e. The Morgan fingerprint density at radius 3 is 2.64 bits per heavy atom. The summed E-state index contributed by atoms with van der Waals surface area (Å²) in [5.41, 5.74) is 4.47. The van der Waals surface area contributed by atoms with Crippen LogP contribution in [0.2, 0.25) is 0 Å². The number of anilines is 1. The first-order valence-corrected chi connectivity index (χ1v) is 11.5. The third-order valence-electron chi connectivity index (χ3n) is 6.50. The number of benzene rings is 2. The van der Waals surface area contributed by atoms with Gasteiger partial charge in [0.15, 0.2) is 0 Å². The van der Waals surface area contributed by atoms with Gasteiger partial charge < -0.3 is 10.2 Å². The number of hydrogen-bond donors (Lipinski definition) is 1. The molecule has 2 aliphatic heterocycles. The van der Waals surface area contributed by atoms with Crippen LogP contribution in [0, 0.1) is 5.92 Å². The van der Waals surface area contributed by atoms with E-state index in [0.717, 1.165) is 43.6 Å². The number of carbonyl (C=O) groups is 1. The second-order valence-electron chi connectivity index (χ2n) is 8.02. The summed E-state index contributed by atoms with van der Waals surface area (Å²) in [5.74, 6) is 1.07. The van der Waals surface area contributed by atoms with E-state index < -0.39 is 0 Å². The SMILES string of the molecule is CSc1ccc(C2Nc3c(C(=O)N4CCCC4)cccc3C3C=CCC32)cc1. The monoisotopic (exact) mass is 390 g/mol. The topological polar surface area (TPSA) is 32.3 Å². The Morgan fingerprint density at radius 1 is 1.11 bits per heavy atom. The number of rotatable bonds is 3. The maximum absolute atomic E-state index is 13.2. The number of carbonyl (C=O) groups excluding carboxylic acids is 1. The van der Waals surface area contributed by atoms with Gasteiger partial charge in [-0.1, -0.05) is 36.4 Å². The highest BCUT2D eigenvalue weighted by atomic mass is 32.2. The zero-order chi connectivity index (χ0) is 19.1. The minimum absolute atomic E-state index is 0.179. The average Bonchev–Trinajstić information content (AvgIpc) is 3.44. The van der Waals surface area contributed by atoms with Crippen molar-refractivity contribution in [1.29, 1.82) is 0 Å². The van der Waals surface area contributed by atoms with Crippen LogP contribution in [0.15, 0.2) is 59.5 Å². The highest BCUT2D eigenvalue weighted by Crippen LogP contribution is 2.50. The quantitative estimate of drug-likeness (QED) is 0.557. The fraction of sp³-hybridized carbons (Fsp3) is 0.375. The van der Waals surface area contributed by atoms with Crippen LogP contribution in [0.1, 0.15) is 52.7 Å². The number of nitrogens with zero attached hydrogens (tertiary/aromatic N) is 1. The van der Waals surface area contributed by atoms with Crippen LogP contribution >= 0.6 is 11.8 Å². The summed E-state index contributed by atoms with van der Waals surface area (Å²) in [6.07, 6.45) is 10.1. The molecule has 1 amide bonds. The number of likely N-dealkylation sites (tertiary alicyclic amines) is 1. The number of allylic oxidation sites excluding steroid dienone is 2. The van der Waals surface area contributed by atoms with Crippen molar-refractivity contribution >= 4 is 23.4 Å². The van der Waals surface area contributed by atoms with E-state index in [0.29, 0.717) is 11.8 Å². The zero-order valence-electron chi connectivity index (χ0n) is 16.2. The molecule has 0 saturated carbocycles. The van der Waals surface area contributed by atoms with Crippen molar-refractivity contribution in [2.24, 2.45) is 5.92 Å². The number of fused-ring (bicyclic) bond motifs is 3. The Hall–Kier alpha value is -2.20. The van der Waals surface area contributed by atoms with E-state index in [4.69, 9.17) is 0 Å². The molecule has 1 N–H and O–H groups in total. The van der Waals surface area contributed by atoms with E-state index >= 15 is 0 Å². The van der Waals surface area contributed by atoms with Crippen molar-refractivity contribution in [2.45, 2.75) is 36.1 Å². The fourth-order valence-corrected chi connectivity index (χ4v) is 5.44. The fourth-order valence-electron chi connectivity index (χ4n) is 5.03. The number of hydrogen-bond acceptors (Lipinski definition) is 3. The summed E-state index contributed by atoms with van der Waals surface area (Å²) >= 11 is 1.77. The first-order chi connectivity index (χ1) is 13.8. The maximum atomic E-state index is 13.2. The van der Waals surface area contributed by atoms with Gasteiger partial charge in [0.1, 0.15) is 0 Å². The molecule has 3 nitrogen and oxygen atoms in total. The molecule has 3 unspecified atom stereocenters. The summed E-state index contributed by atoms with van der Waals surface area (Å²) in [4.78, 5) is 16.5. The van der Waals surface area contributed by atoms with Crippen LogP contribution < -0.4 is 5.32 Å². The number of thioether (sulfide) groups is 1. The number of nitrogens with one attached hydrogen (secondary N) is 1. The standard InChI is InChI=1S/C24H26N2OS/c1-28-17-12-10-16(11-13-17)22-19-7-4-6-18(19)20-8-5-9-21(23(20)25-22)24(27)26-14-2-3-15-26/h4-6,8-13,18-19,22,25H,2-3,7,14-15H2,1H3. The van der Waals surface area contributed by atoms with Gasteiger partial charge in [-0.15, -0.1) is 11.8 Å². The molecule has 2 heterocycles. The van der Waals surface area contributed by atoms with E-state index in [2.05, 4.69) is 60.1 Å². The molecule has 0 spiro atoms. The number of amides is 1. The van der Waals surface area contributed by atoms with Gasteiger partial charge in [-0.3, -0.25) is 4.79 Å². The maximum Gasteiger partial charge on any atom is 0.255 e. The van der Waals surface area contributed by atoms with Crippen molar-refractivity contribution in [3.05, 3.63) is 71.3 Å². The Balaban J connectivity index is 1.55. The van der Waals surface area contributed by atoms with Crippen molar-refractivity contribution in [3.8, 4) is 0 Å². The molecule has 5 rings (SSSR count). The normalized spacial score (nSPS) is 25.3. The Bertz CT molecular complexity index is 915. The van der Waals surface area contributed by atoms with Crippen molar-refractivity contribution in [2.75, 3.05) is 24.7 Å². The highest BCUT2D eigenvalue weighted by molar-refractivity contribution is 7.98. The molecule has 0 bridgehead atoms. The summed E-state index contributed by atoms with van der Waals surface area (Å²) < 4.78 is 0. The van der Waals surface area contributed by atoms with Crippen LogP contribution in [-0.4, -0.2) is 30.2 Å². The van der Waals surface area contributed by atoms with Gasteiger partial charge in [-0.25, -0.2) is 0 Å². The summed E-state index contributed by atoms with van der Waals surface area (Å²) in [5, 5.41) is 3.80. The van der Waals surface area contributed by atoms with Crippen LogP contribution in [-0.2, 0) is 0 Å². The van der Waals surface area contributed by atoms with Crippen LogP contribution in [0.4, 0.5) is 5.69 Å². The first kappa shape index (κ1) is 17.9. The summed E-state index contributed by atoms with van der Waals surface area (Å²) in [7, 11) is 0. The number of para-hydroxylation sites is 1. The van der Waals surface area contributed by atoms with E-state index in [-0.39, 0.29) is 11.9 Å². The van der Waals surface area contributed by atoms with Gasteiger partial charge in [0, 0.05) is 23.9 Å². The van der Waals surface area contributed by atoms with Gasteiger partial charge >= 0.3 is 0 Å². The van der Waals surface area contributed by atoms with Crippen molar-refractivity contribution in [1.82, 2.24) is 4.90 Å². The Morgan fingerprint density at radius 2 is 1.89 bits per heavy atom. The predicted octanol–water partition coefficient (Wildman–Crippen LogP) is 5.47. The van der Waals surface area contributed by atoms with Gasteiger partial charge in [0.2, 0.25) is 0 Å². The van der Waals surface area contributed by atoms with Gasteiger partial charge in [-0.2, -0.15) is 0 Å². The molecular formula is C24H26N2OS. The molecule has 1 saturated heterocycles. The van der Waals surface area contributed by atoms with E-state index in [1.807, 2.05) is 11.0 Å². The first-order valence-electron chi connectivity index (χ1n) is 10.3. The van der Waals surface area contributed by atoms with E-state index in [9.17, 15) is 4.79 Å². The molecule has 1 aliphatic carbocycles. The summed E-state index contributed by atoms with van der Waals surface area (Å²) in [6, 6.07) is 15.4. The molecule has 2 aromatic rings. The Labute approximate surface area is 171 Å². The predicted molar refractivity (Wildman–Crippen MR) is 116 cm³/mol. The Kier molecular flexibility index (Phi) is 4.67. The molecule has 4 heteroatoms. The lowest BCUT2D eigenvalue weighted by molar-refractivity contribution is 0.0793. The molecular weight excluding hydrogens is 364 g/mol. The van der Waals surface area contributed by atoms with Crippen LogP contribution in [0.5, 0.6) is 0 Å². The molecule has 0 aromatic heterocycles. The lowest BCUT2D eigenvalue weighted by Crippen LogP contribution is -2.33. The molecule has 2 aromatic carbocycles. The molecule has 1 fully saturated rings. The summed E-state index contributed by atoms with van der Waals surface area (Å²) in [6.45, 7) is 1.77. The van der Waals surface area contributed by atoms with Gasteiger partial charge in [0.25, 0.3) is 5.91 Å². The lowest BCUT2D eigenvalue weighted by Gasteiger charge is -2.38. The average molecular weight is 391 g/mol. The highest BCUT2D eigenvalue weighted by Gasteiger charge is 2.39. The van der Waals surface area contributed by atoms with Gasteiger partial charge in [-0.05, 0) is 60.8 Å². The second-order valence-corrected chi connectivity index (χ2v) is 8.90. The lowest BCUT2D eigenvalue weighted by atomic mass is 9.76. The van der Waals surface area contributed by atoms with Gasteiger partial charge in [0.05, 0.1) is 17.3 Å². The molecule has 0 radical (unpaired) electrons. The molecule has 3 atom stereocenters. The minimum atomic E-state index is 0.179. The van der Waals surface area contributed by atoms with Crippen molar-refractivity contribution in [3.63, 3.8) is 0 Å². The molecule has 3 aliphatic rings. The van der Waals surface area contributed by atoms with E-state index in [1.54, 1.807) is 11.8 Å². The zero-order valence-corrected chi connectivity index (χ0v) is 17.0. The van der Waals surface area contributed by atoms with E-state index in [1.165, 1.54) is 16.0 Å². The van der Waals surface area contributed by atoms with Crippen LogP contribution in [0.25, 0.3) is 0 Å². The third-order valence-corrected chi connectivity index (χ3v) is 7.24. The third kappa shape index (κ3) is 2.95. The molecule has 28 heavy (non-hydrogen) atoms. The van der Waals surface area contributed by atoms with Crippen molar-refractivity contribution < 1.29 is 4.79 Å². The largest absolute Gasteiger partial charge is 0.377 e. The van der Waals surface area contributed by atoms with Crippen LogP contribution in [0.3, 0.4) is 0 Å². The molecule has 144 valence electrons. The smallest absolute Gasteiger partial charge is 0.255 e. The second kappa shape index (κ2) is 7.32.